The van der Waals surface area contributed by atoms with Crippen LogP contribution in [0.3, 0.4) is 0 Å². The van der Waals surface area contributed by atoms with Crippen molar-refractivity contribution in [1.29, 1.82) is 0 Å². The first kappa shape index (κ1) is 19.9. The Kier molecular flexibility index (Phi) is 4.88. The van der Waals surface area contributed by atoms with Gasteiger partial charge in [0.15, 0.2) is 5.78 Å². The molecule has 2 heterocycles. The molecule has 31 heavy (non-hydrogen) atoms. The standard InChI is InChI=1S/C25H29N3O3/c1-25(2)14-18-22(20(29)15-25)23(21-12-7-13-31-21)28(19-11-6-5-10-17(19)27-18)24(30)26-16-8-3-4-9-16/h5-7,10-13,16,23,27H,3-4,8-9,14-15H2,1-2H3,(H,26,30)/t23-/m0/s1. The fourth-order valence-electron chi connectivity index (χ4n) is 5.24. The summed E-state index contributed by atoms with van der Waals surface area (Å²) in [7, 11) is 0. The smallest absolute Gasteiger partial charge is 0.323 e. The van der Waals surface area contributed by atoms with Crippen LogP contribution in [0.5, 0.6) is 0 Å². The number of para-hydroxylation sites is 2. The maximum absolute atomic E-state index is 13.7. The number of hydrogen-bond donors (Lipinski definition) is 2. The summed E-state index contributed by atoms with van der Waals surface area (Å²) >= 11 is 0. The van der Waals surface area contributed by atoms with Crippen molar-refractivity contribution in [2.45, 2.75) is 64.5 Å². The summed E-state index contributed by atoms with van der Waals surface area (Å²) in [6.45, 7) is 4.22. The molecule has 0 unspecified atom stereocenters. The van der Waals surface area contributed by atoms with Gasteiger partial charge in [-0.25, -0.2) is 4.79 Å². The van der Waals surface area contributed by atoms with Gasteiger partial charge in [-0.05, 0) is 48.9 Å². The molecule has 2 N–H and O–H groups in total. The average Bonchev–Trinajstić information content (AvgIpc) is 3.39. The average molecular weight is 420 g/mol. The van der Waals surface area contributed by atoms with Gasteiger partial charge in [0.1, 0.15) is 11.8 Å². The van der Waals surface area contributed by atoms with Gasteiger partial charge >= 0.3 is 6.03 Å². The van der Waals surface area contributed by atoms with E-state index in [1.807, 2.05) is 36.4 Å². The van der Waals surface area contributed by atoms with Crippen molar-refractivity contribution in [3.8, 4) is 0 Å². The minimum atomic E-state index is -0.605. The van der Waals surface area contributed by atoms with Crippen LogP contribution >= 0.6 is 0 Å². The number of amides is 2. The van der Waals surface area contributed by atoms with Crippen LogP contribution in [0.1, 0.15) is 64.2 Å². The minimum absolute atomic E-state index is 0.0617. The first-order valence-corrected chi connectivity index (χ1v) is 11.2. The lowest BCUT2D eigenvalue weighted by atomic mass is 9.74. The number of benzene rings is 1. The summed E-state index contributed by atoms with van der Waals surface area (Å²) in [5, 5.41) is 6.73. The molecule has 2 aromatic rings. The van der Waals surface area contributed by atoms with Crippen molar-refractivity contribution in [3.05, 3.63) is 59.7 Å². The van der Waals surface area contributed by atoms with Crippen molar-refractivity contribution in [2.24, 2.45) is 5.41 Å². The Hall–Kier alpha value is -3.02. The molecule has 2 aliphatic carbocycles. The van der Waals surface area contributed by atoms with E-state index in [0.29, 0.717) is 17.8 Å². The van der Waals surface area contributed by atoms with Gasteiger partial charge in [0.25, 0.3) is 0 Å². The van der Waals surface area contributed by atoms with Crippen LogP contribution in [0.15, 0.2) is 58.3 Å². The summed E-state index contributed by atoms with van der Waals surface area (Å²) in [4.78, 5) is 28.9. The molecule has 1 atom stereocenters. The lowest BCUT2D eigenvalue weighted by molar-refractivity contribution is -0.118. The summed E-state index contributed by atoms with van der Waals surface area (Å²) in [5.41, 5.74) is 2.95. The molecule has 1 aliphatic heterocycles. The van der Waals surface area contributed by atoms with E-state index in [9.17, 15) is 9.59 Å². The van der Waals surface area contributed by atoms with Crippen LogP contribution in [-0.2, 0) is 4.79 Å². The lowest BCUT2D eigenvalue weighted by Gasteiger charge is -2.36. The number of urea groups is 1. The Labute approximate surface area is 182 Å². The highest BCUT2D eigenvalue weighted by Crippen LogP contribution is 2.48. The first-order valence-electron chi connectivity index (χ1n) is 11.2. The zero-order chi connectivity index (χ0) is 21.6. The molecule has 0 spiro atoms. The molecular formula is C25H29N3O3. The molecule has 0 bridgehead atoms. The Balaban J connectivity index is 1.67. The summed E-state index contributed by atoms with van der Waals surface area (Å²) in [5.74, 6) is 0.659. The van der Waals surface area contributed by atoms with Crippen LogP contribution in [-0.4, -0.2) is 17.9 Å². The van der Waals surface area contributed by atoms with Crippen molar-refractivity contribution in [1.82, 2.24) is 5.32 Å². The topological polar surface area (TPSA) is 74.6 Å². The largest absolute Gasteiger partial charge is 0.467 e. The molecule has 1 aromatic carbocycles. The molecule has 162 valence electrons. The molecule has 1 saturated carbocycles. The normalized spacial score (nSPS) is 23.1. The maximum Gasteiger partial charge on any atom is 0.323 e. The highest BCUT2D eigenvalue weighted by Gasteiger charge is 2.44. The van der Waals surface area contributed by atoms with E-state index in [2.05, 4.69) is 24.5 Å². The number of fused-ring (bicyclic) bond motifs is 1. The van der Waals surface area contributed by atoms with E-state index < -0.39 is 6.04 Å². The van der Waals surface area contributed by atoms with Gasteiger partial charge in [-0.1, -0.05) is 38.8 Å². The number of carbonyl (C=O) groups is 2. The van der Waals surface area contributed by atoms with Gasteiger partial charge in [0.05, 0.1) is 17.6 Å². The second kappa shape index (κ2) is 7.59. The van der Waals surface area contributed by atoms with Crippen LogP contribution in [0.4, 0.5) is 16.2 Å². The third kappa shape index (κ3) is 3.64. The molecule has 1 aromatic heterocycles. The van der Waals surface area contributed by atoms with Gasteiger partial charge in [-0.15, -0.1) is 0 Å². The number of furan rings is 1. The van der Waals surface area contributed by atoms with Crippen LogP contribution in [0.25, 0.3) is 0 Å². The minimum Gasteiger partial charge on any atom is -0.467 e. The first-order chi connectivity index (χ1) is 14.9. The van der Waals surface area contributed by atoms with E-state index in [0.717, 1.165) is 49.2 Å². The fraction of sp³-hybridized carbons (Fsp3) is 0.440. The predicted molar refractivity (Wildman–Crippen MR) is 120 cm³/mol. The number of allylic oxidation sites excluding steroid dienone is 1. The summed E-state index contributed by atoms with van der Waals surface area (Å²) in [6, 6.07) is 10.8. The van der Waals surface area contributed by atoms with Crippen LogP contribution in [0, 0.1) is 5.41 Å². The van der Waals surface area contributed by atoms with Gasteiger partial charge in [-0.3, -0.25) is 9.69 Å². The lowest BCUT2D eigenvalue weighted by Crippen LogP contribution is -2.47. The number of ketones is 1. The number of hydrogen-bond acceptors (Lipinski definition) is 4. The van der Waals surface area contributed by atoms with Crippen LogP contribution < -0.4 is 15.5 Å². The van der Waals surface area contributed by atoms with Gasteiger partial charge in [-0.2, -0.15) is 0 Å². The highest BCUT2D eigenvalue weighted by atomic mass is 16.3. The number of nitrogens with one attached hydrogen (secondary N) is 2. The van der Waals surface area contributed by atoms with Crippen molar-refractivity contribution in [3.63, 3.8) is 0 Å². The van der Waals surface area contributed by atoms with Crippen molar-refractivity contribution in [2.75, 3.05) is 10.2 Å². The third-order valence-electron chi connectivity index (χ3n) is 6.61. The quantitative estimate of drug-likeness (QED) is 0.669. The van der Waals surface area contributed by atoms with E-state index in [1.54, 1.807) is 11.2 Å². The van der Waals surface area contributed by atoms with Gasteiger partial charge < -0.3 is 15.1 Å². The number of carbonyl (C=O) groups excluding carboxylic acids is 2. The van der Waals surface area contributed by atoms with E-state index >= 15 is 0 Å². The molecule has 2 amide bonds. The zero-order valence-corrected chi connectivity index (χ0v) is 18.1. The van der Waals surface area contributed by atoms with Crippen molar-refractivity contribution < 1.29 is 14.0 Å². The number of anilines is 2. The molecule has 0 radical (unpaired) electrons. The monoisotopic (exact) mass is 419 g/mol. The van der Waals surface area contributed by atoms with E-state index in [4.69, 9.17) is 4.42 Å². The third-order valence-corrected chi connectivity index (χ3v) is 6.61. The molecular weight excluding hydrogens is 390 g/mol. The highest BCUT2D eigenvalue weighted by molar-refractivity contribution is 6.05. The van der Waals surface area contributed by atoms with E-state index in [1.165, 1.54) is 0 Å². The molecule has 3 aliphatic rings. The predicted octanol–water partition coefficient (Wildman–Crippen LogP) is 5.55. The maximum atomic E-state index is 13.7. The second-order valence-electron chi connectivity index (χ2n) is 9.69. The SMILES string of the molecule is CC1(C)CC(=O)C2=C(C1)Nc1ccccc1N(C(=O)NC1CCCC1)[C@H]2c1ccco1. The molecule has 6 heteroatoms. The second-order valence-corrected chi connectivity index (χ2v) is 9.69. The number of nitrogens with zero attached hydrogens (tertiary/aromatic N) is 1. The van der Waals surface area contributed by atoms with Crippen molar-refractivity contribution >= 4 is 23.2 Å². The Morgan fingerprint density at radius 2 is 1.90 bits per heavy atom. The number of rotatable bonds is 2. The molecule has 5 rings (SSSR count). The van der Waals surface area contributed by atoms with E-state index in [-0.39, 0.29) is 23.3 Å². The Morgan fingerprint density at radius 1 is 1.13 bits per heavy atom. The fourth-order valence-corrected chi connectivity index (χ4v) is 5.24. The molecule has 1 fully saturated rings. The number of Topliss-reactive ketones (excluding diaryl/α,β-unsaturated/α-hetero) is 1. The summed E-state index contributed by atoms with van der Waals surface area (Å²) in [6.07, 6.45) is 7.03. The van der Waals surface area contributed by atoms with Gasteiger partial charge in [0.2, 0.25) is 0 Å². The van der Waals surface area contributed by atoms with Gasteiger partial charge in [0, 0.05) is 23.7 Å². The Morgan fingerprint density at radius 3 is 2.65 bits per heavy atom. The zero-order valence-electron chi connectivity index (χ0n) is 18.1. The molecule has 6 nitrogen and oxygen atoms in total. The summed E-state index contributed by atoms with van der Waals surface area (Å²) < 4.78 is 5.81. The Bertz CT molecular complexity index is 1030. The van der Waals surface area contributed by atoms with Crippen LogP contribution in [0.2, 0.25) is 0 Å². The molecule has 0 saturated heterocycles.